The van der Waals surface area contributed by atoms with Gasteiger partial charge in [-0.1, -0.05) is 13.8 Å². The van der Waals surface area contributed by atoms with Gasteiger partial charge in [-0.15, -0.1) is 0 Å². The molecule has 0 spiro atoms. The van der Waals surface area contributed by atoms with Gasteiger partial charge in [0.05, 0.1) is 0 Å². The minimum Gasteiger partial charge on any atom is -0.350 e. The van der Waals surface area contributed by atoms with Gasteiger partial charge in [0.2, 0.25) is 0 Å². The van der Waals surface area contributed by atoms with Gasteiger partial charge in [0, 0.05) is 16.8 Å². The van der Waals surface area contributed by atoms with Gasteiger partial charge >= 0.3 is 12.1 Å². The minimum atomic E-state index is -0.592. The Hall–Kier alpha value is -2.12. The number of nitrogens with zero attached hydrogens (tertiary/aromatic N) is 2. The third-order valence-corrected chi connectivity index (χ3v) is 8.87. The average molecular weight is 403 g/mol. The van der Waals surface area contributed by atoms with Crippen LogP contribution in [0.1, 0.15) is 71.6 Å². The first-order chi connectivity index (χ1) is 13.7. The van der Waals surface area contributed by atoms with E-state index < -0.39 is 12.1 Å². The maximum Gasteiger partial charge on any atom is 0.332 e. The second kappa shape index (κ2) is 7.29. The zero-order chi connectivity index (χ0) is 20.8. The molecule has 4 aliphatic carbocycles. The number of hydrazone groups is 2. The molecule has 0 bridgehead atoms. The fraction of sp³-hybridized carbons (Fsp3) is 0.810. The van der Waals surface area contributed by atoms with Crippen LogP contribution >= 0.6 is 0 Å². The molecule has 0 saturated heterocycles. The Labute approximate surface area is 172 Å². The number of amides is 4. The van der Waals surface area contributed by atoms with Crippen LogP contribution in [0.3, 0.4) is 0 Å². The van der Waals surface area contributed by atoms with Gasteiger partial charge in [-0.05, 0) is 86.9 Å². The lowest BCUT2D eigenvalue weighted by atomic mass is 9.45. The van der Waals surface area contributed by atoms with Gasteiger partial charge in [-0.25, -0.2) is 20.4 Å². The van der Waals surface area contributed by atoms with Crippen molar-refractivity contribution in [2.75, 3.05) is 0 Å². The van der Waals surface area contributed by atoms with Crippen LogP contribution in [0.15, 0.2) is 10.2 Å². The summed E-state index contributed by atoms with van der Waals surface area (Å²) in [6.45, 7) is 4.84. The molecular formula is C21H34N6O2. The van der Waals surface area contributed by atoms with Gasteiger partial charge in [-0.2, -0.15) is 10.2 Å². The van der Waals surface area contributed by atoms with Crippen LogP contribution < -0.4 is 22.3 Å². The Balaban J connectivity index is 1.51. The Bertz CT molecular complexity index is 764. The molecule has 6 N–H and O–H groups in total. The zero-order valence-electron chi connectivity index (χ0n) is 17.5. The van der Waals surface area contributed by atoms with Crippen molar-refractivity contribution in [3.63, 3.8) is 0 Å². The summed E-state index contributed by atoms with van der Waals surface area (Å²) in [4.78, 5) is 22.1. The average Bonchev–Trinajstić information content (AvgIpc) is 3.01. The molecule has 160 valence electrons. The lowest BCUT2D eigenvalue weighted by Crippen LogP contribution is -2.53. The summed E-state index contributed by atoms with van der Waals surface area (Å²) in [7, 11) is 0. The SMILES string of the molecule is C[C@]12CCC(=NNC(N)=O)C[C@@H]1CC[C@@H]1[C@@H]2CC[C@]2(C)C(=NNC(N)=O)CC[C@@H]12. The molecule has 4 fully saturated rings. The number of primary amides is 2. The number of nitrogens with two attached hydrogens (primary N) is 2. The van der Waals surface area contributed by atoms with Gasteiger partial charge in [0.15, 0.2) is 0 Å². The summed E-state index contributed by atoms with van der Waals surface area (Å²) in [6, 6.07) is -1.18. The van der Waals surface area contributed by atoms with Crippen LogP contribution in [0.2, 0.25) is 0 Å². The fourth-order valence-electron chi connectivity index (χ4n) is 7.39. The number of fused-ring (bicyclic) bond motifs is 5. The molecule has 0 aliphatic heterocycles. The second-order valence-corrected chi connectivity index (χ2v) is 10.0. The van der Waals surface area contributed by atoms with Crippen LogP contribution in [0, 0.1) is 34.5 Å². The Morgan fingerprint density at radius 2 is 1.66 bits per heavy atom. The maximum absolute atomic E-state index is 11.1. The van der Waals surface area contributed by atoms with E-state index >= 15 is 0 Å². The summed E-state index contributed by atoms with van der Waals surface area (Å²) in [6.07, 6.45) is 9.96. The number of hydrogen-bond donors (Lipinski definition) is 4. The van der Waals surface area contributed by atoms with E-state index in [1.165, 1.54) is 19.3 Å². The van der Waals surface area contributed by atoms with E-state index in [1.54, 1.807) is 0 Å². The molecule has 0 radical (unpaired) electrons. The van der Waals surface area contributed by atoms with E-state index in [2.05, 4.69) is 34.9 Å². The minimum absolute atomic E-state index is 0.0828. The predicted octanol–water partition coefficient (Wildman–Crippen LogP) is 3.08. The summed E-state index contributed by atoms with van der Waals surface area (Å²) in [5.41, 5.74) is 17.9. The number of nitrogens with one attached hydrogen (secondary N) is 2. The first-order valence-corrected chi connectivity index (χ1v) is 11.0. The monoisotopic (exact) mass is 402 g/mol. The number of carbonyl (C=O) groups is 2. The quantitative estimate of drug-likeness (QED) is 0.528. The van der Waals surface area contributed by atoms with Crippen molar-refractivity contribution in [2.24, 2.45) is 56.2 Å². The lowest BCUT2D eigenvalue weighted by molar-refractivity contribution is -0.0815. The maximum atomic E-state index is 11.1. The normalized spacial score (nSPS) is 43.9. The lowest BCUT2D eigenvalue weighted by Gasteiger charge is -2.59. The Morgan fingerprint density at radius 1 is 0.931 bits per heavy atom. The molecule has 8 nitrogen and oxygen atoms in total. The van der Waals surface area contributed by atoms with Gasteiger partial charge in [0.25, 0.3) is 0 Å². The van der Waals surface area contributed by atoms with Crippen LogP contribution in [0.5, 0.6) is 0 Å². The van der Waals surface area contributed by atoms with Crippen molar-refractivity contribution in [3.8, 4) is 0 Å². The number of urea groups is 2. The Kier molecular flexibility index (Phi) is 5.07. The molecule has 0 aromatic rings. The highest BCUT2D eigenvalue weighted by Crippen LogP contribution is 2.65. The highest BCUT2D eigenvalue weighted by Gasteiger charge is 2.59. The molecule has 0 heterocycles. The molecule has 0 aromatic heterocycles. The summed E-state index contributed by atoms with van der Waals surface area (Å²) < 4.78 is 0. The van der Waals surface area contributed by atoms with Crippen molar-refractivity contribution in [2.45, 2.75) is 71.6 Å². The zero-order valence-corrected chi connectivity index (χ0v) is 17.5. The van der Waals surface area contributed by atoms with Gasteiger partial charge in [0.1, 0.15) is 0 Å². The van der Waals surface area contributed by atoms with Gasteiger partial charge in [-0.3, -0.25) is 0 Å². The third kappa shape index (κ3) is 3.40. The molecule has 0 aromatic carbocycles. The molecular weight excluding hydrogens is 368 g/mol. The van der Waals surface area contributed by atoms with E-state index in [0.29, 0.717) is 17.3 Å². The van der Waals surface area contributed by atoms with E-state index in [1.807, 2.05) is 0 Å². The van der Waals surface area contributed by atoms with Crippen LogP contribution in [0.4, 0.5) is 9.59 Å². The third-order valence-electron chi connectivity index (χ3n) is 8.87. The second-order valence-electron chi connectivity index (χ2n) is 10.0. The van der Waals surface area contributed by atoms with Crippen molar-refractivity contribution in [1.82, 2.24) is 10.9 Å². The standard InChI is InChI=1S/C21H34N6O2/c1-20-9-7-13(24-26-18(22)28)11-12(20)3-4-14-15-5-6-17(25-27-19(23)29)21(15,2)10-8-16(14)20/h12,14-16H,3-11H2,1-2H3,(H3,22,26,28)(H3,23,27,29)/t12-,14-,15-,16-,20-,21-/m0/s1. The molecule has 4 amide bonds. The molecule has 6 atom stereocenters. The van der Waals surface area contributed by atoms with Crippen LogP contribution in [-0.2, 0) is 0 Å². The topological polar surface area (TPSA) is 135 Å². The number of carbonyl (C=O) groups excluding carboxylic acids is 2. The predicted molar refractivity (Wildman–Crippen MR) is 112 cm³/mol. The van der Waals surface area contributed by atoms with Gasteiger partial charge < -0.3 is 11.5 Å². The molecule has 0 unspecified atom stereocenters. The molecule has 4 saturated carbocycles. The number of hydrogen-bond acceptors (Lipinski definition) is 4. The smallest absolute Gasteiger partial charge is 0.332 e. The highest BCUT2D eigenvalue weighted by atomic mass is 16.2. The van der Waals surface area contributed by atoms with Crippen LogP contribution in [-0.4, -0.2) is 23.5 Å². The van der Waals surface area contributed by atoms with Crippen molar-refractivity contribution >= 4 is 23.5 Å². The molecule has 8 heteroatoms. The van der Waals surface area contributed by atoms with E-state index in [9.17, 15) is 9.59 Å². The van der Waals surface area contributed by atoms with Crippen molar-refractivity contribution in [3.05, 3.63) is 0 Å². The summed E-state index contributed by atoms with van der Waals surface area (Å²) >= 11 is 0. The number of rotatable bonds is 2. The fourth-order valence-corrected chi connectivity index (χ4v) is 7.39. The first-order valence-electron chi connectivity index (χ1n) is 11.0. The van der Waals surface area contributed by atoms with Crippen molar-refractivity contribution in [1.29, 1.82) is 0 Å². The molecule has 4 rings (SSSR count). The van der Waals surface area contributed by atoms with E-state index in [4.69, 9.17) is 11.5 Å². The molecule has 4 aliphatic rings. The van der Waals surface area contributed by atoms with E-state index in [-0.39, 0.29) is 5.41 Å². The largest absolute Gasteiger partial charge is 0.350 e. The first kappa shape index (κ1) is 20.2. The Morgan fingerprint density at radius 3 is 2.38 bits per heavy atom. The van der Waals surface area contributed by atoms with Crippen LogP contribution in [0.25, 0.3) is 0 Å². The summed E-state index contributed by atoms with van der Waals surface area (Å²) in [5, 5.41) is 8.64. The van der Waals surface area contributed by atoms with E-state index in [0.717, 1.165) is 61.8 Å². The highest BCUT2D eigenvalue weighted by molar-refractivity contribution is 5.93. The van der Waals surface area contributed by atoms with Crippen molar-refractivity contribution < 1.29 is 9.59 Å². The summed E-state index contributed by atoms with van der Waals surface area (Å²) in [5.74, 6) is 2.72. The molecule has 29 heavy (non-hydrogen) atoms.